The van der Waals surface area contributed by atoms with Crippen molar-refractivity contribution in [3.63, 3.8) is 0 Å². The van der Waals surface area contributed by atoms with Crippen LogP contribution in [-0.2, 0) is 12.8 Å². The molecule has 0 fully saturated rings. The number of nitrogens with two attached hydrogens (primary N) is 1. The first kappa shape index (κ1) is 15.2. The molecule has 3 rings (SSSR count). The number of benzene rings is 2. The first-order chi connectivity index (χ1) is 10.6. The Morgan fingerprint density at radius 2 is 1.50 bits per heavy atom. The maximum atomic E-state index is 13.6. The van der Waals surface area contributed by atoms with Crippen LogP contribution in [0.1, 0.15) is 47.9 Å². The molecule has 1 unspecified atom stereocenters. The number of fused-ring (bicyclic) bond motifs is 2. The number of aryl methyl sites for hydroxylation is 2. The molecule has 1 aliphatic carbocycles. The van der Waals surface area contributed by atoms with Gasteiger partial charge in [-0.2, -0.15) is 0 Å². The molecule has 0 heterocycles. The summed E-state index contributed by atoms with van der Waals surface area (Å²) in [4.78, 5) is 0. The first-order valence-corrected chi connectivity index (χ1v) is 7.90. The second kappa shape index (κ2) is 6.17. The van der Waals surface area contributed by atoms with Crippen LogP contribution < -0.4 is 5.73 Å². The summed E-state index contributed by atoms with van der Waals surface area (Å²) in [5.41, 5.74) is 10.5. The molecule has 0 bridgehead atoms. The van der Waals surface area contributed by atoms with Crippen LogP contribution in [0.3, 0.4) is 0 Å². The summed E-state index contributed by atoms with van der Waals surface area (Å²) < 4.78 is 27.2. The highest BCUT2D eigenvalue weighted by atomic mass is 19.1. The van der Waals surface area contributed by atoms with Gasteiger partial charge in [0.1, 0.15) is 11.6 Å². The molecule has 1 aliphatic rings. The normalized spacial score (nSPS) is 15.8. The van der Waals surface area contributed by atoms with Gasteiger partial charge < -0.3 is 5.73 Å². The van der Waals surface area contributed by atoms with E-state index in [2.05, 4.69) is 6.92 Å². The highest BCUT2D eigenvalue weighted by Crippen LogP contribution is 2.37. The first-order valence-electron chi connectivity index (χ1n) is 7.90. The van der Waals surface area contributed by atoms with Gasteiger partial charge in [-0.15, -0.1) is 0 Å². The van der Waals surface area contributed by atoms with E-state index in [0.717, 1.165) is 47.9 Å². The second-order valence-electron chi connectivity index (χ2n) is 6.14. The minimum Gasteiger partial charge on any atom is -0.328 e. The monoisotopic (exact) mass is 301 g/mol. The average Bonchev–Trinajstić information content (AvgIpc) is 2.64. The maximum Gasteiger partial charge on any atom is 0.123 e. The van der Waals surface area contributed by atoms with Gasteiger partial charge in [-0.25, -0.2) is 8.78 Å². The van der Waals surface area contributed by atoms with Gasteiger partial charge in [0.05, 0.1) is 0 Å². The van der Waals surface area contributed by atoms with Gasteiger partial charge in [0.15, 0.2) is 0 Å². The molecule has 1 atom stereocenters. The van der Waals surface area contributed by atoms with Crippen molar-refractivity contribution in [1.29, 1.82) is 0 Å². The Bertz CT molecular complexity index is 628. The summed E-state index contributed by atoms with van der Waals surface area (Å²) in [6.45, 7) is 2.07. The van der Waals surface area contributed by atoms with E-state index in [0.29, 0.717) is 0 Å². The van der Waals surface area contributed by atoms with E-state index in [9.17, 15) is 8.78 Å². The Hall–Kier alpha value is -1.74. The van der Waals surface area contributed by atoms with E-state index in [-0.39, 0.29) is 23.6 Å². The summed E-state index contributed by atoms with van der Waals surface area (Å²) in [6, 6.07) is 10.1. The molecule has 0 saturated carbocycles. The smallest absolute Gasteiger partial charge is 0.123 e. The lowest BCUT2D eigenvalue weighted by atomic mass is 9.83. The molecular weight excluding hydrogens is 280 g/mol. The van der Waals surface area contributed by atoms with E-state index in [1.165, 1.54) is 12.1 Å². The van der Waals surface area contributed by atoms with Crippen molar-refractivity contribution in [2.75, 3.05) is 0 Å². The predicted octanol–water partition coefficient (Wildman–Crippen LogP) is 4.32. The number of hydrogen-bond donors (Lipinski definition) is 1. The molecule has 2 N–H and O–H groups in total. The highest BCUT2D eigenvalue weighted by Gasteiger charge is 2.25. The second-order valence-corrected chi connectivity index (χ2v) is 6.14. The van der Waals surface area contributed by atoms with Crippen molar-refractivity contribution in [3.8, 4) is 0 Å². The van der Waals surface area contributed by atoms with E-state index in [1.807, 2.05) is 12.1 Å². The third-order valence-electron chi connectivity index (χ3n) is 4.69. The largest absolute Gasteiger partial charge is 0.328 e. The highest BCUT2D eigenvalue weighted by molar-refractivity contribution is 5.45. The van der Waals surface area contributed by atoms with Crippen LogP contribution in [0.4, 0.5) is 8.78 Å². The summed E-state index contributed by atoms with van der Waals surface area (Å²) in [6.07, 6.45) is 3.17. The van der Waals surface area contributed by atoms with Crippen molar-refractivity contribution in [1.82, 2.24) is 0 Å². The molecular formula is C19H21F2N. The van der Waals surface area contributed by atoms with Crippen molar-refractivity contribution in [2.45, 2.75) is 44.6 Å². The van der Waals surface area contributed by atoms with Crippen LogP contribution in [0.15, 0.2) is 36.4 Å². The van der Waals surface area contributed by atoms with Crippen molar-refractivity contribution >= 4 is 0 Å². The Morgan fingerprint density at radius 3 is 1.95 bits per heavy atom. The zero-order valence-electron chi connectivity index (χ0n) is 12.8. The Balaban J connectivity index is 2.11. The van der Waals surface area contributed by atoms with E-state index >= 15 is 0 Å². The molecule has 116 valence electrons. The molecule has 0 spiro atoms. The van der Waals surface area contributed by atoms with Gasteiger partial charge in [-0.05, 0) is 72.2 Å². The zero-order valence-corrected chi connectivity index (χ0v) is 12.8. The maximum absolute atomic E-state index is 13.6. The molecule has 0 radical (unpaired) electrons. The average molecular weight is 301 g/mol. The van der Waals surface area contributed by atoms with Gasteiger partial charge in [0, 0.05) is 12.0 Å². The fourth-order valence-corrected chi connectivity index (χ4v) is 3.42. The number of hydrogen-bond acceptors (Lipinski definition) is 1. The number of rotatable bonds is 3. The van der Waals surface area contributed by atoms with Crippen LogP contribution in [0.2, 0.25) is 0 Å². The van der Waals surface area contributed by atoms with Crippen LogP contribution >= 0.6 is 0 Å². The fourth-order valence-electron chi connectivity index (χ4n) is 3.42. The Morgan fingerprint density at radius 1 is 1.00 bits per heavy atom. The lowest BCUT2D eigenvalue weighted by Gasteiger charge is -2.23. The van der Waals surface area contributed by atoms with Gasteiger partial charge in [0.2, 0.25) is 0 Å². The summed E-state index contributed by atoms with van der Waals surface area (Å²) in [7, 11) is 0. The fraction of sp³-hybridized carbons (Fsp3) is 0.368. The van der Waals surface area contributed by atoms with E-state index in [1.54, 1.807) is 12.1 Å². The van der Waals surface area contributed by atoms with Gasteiger partial charge in [-0.1, -0.05) is 19.1 Å². The van der Waals surface area contributed by atoms with Crippen molar-refractivity contribution < 1.29 is 8.78 Å². The number of halogens is 2. The Kier molecular flexibility index (Phi) is 4.25. The molecule has 0 saturated heterocycles. The molecule has 0 amide bonds. The lowest BCUT2D eigenvalue weighted by Crippen LogP contribution is -2.23. The van der Waals surface area contributed by atoms with Crippen LogP contribution in [0.5, 0.6) is 0 Å². The topological polar surface area (TPSA) is 26.0 Å². The minimum absolute atomic E-state index is 0.0823. The summed E-state index contributed by atoms with van der Waals surface area (Å²) >= 11 is 0. The van der Waals surface area contributed by atoms with Crippen LogP contribution in [0.25, 0.3) is 0 Å². The van der Waals surface area contributed by atoms with E-state index < -0.39 is 0 Å². The Labute approximate surface area is 130 Å². The SMILES string of the molecule is CCC(N)CC1c2ccc(F)cc2CCc2cc(F)ccc21. The molecule has 1 nitrogen and oxygen atoms in total. The quantitative estimate of drug-likeness (QED) is 0.897. The lowest BCUT2D eigenvalue weighted by molar-refractivity contribution is 0.551. The summed E-state index contributed by atoms with van der Waals surface area (Å²) in [5.74, 6) is -0.312. The minimum atomic E-state index is -0.213. The van der Waals surface area contributed by atoms with Gasteiger partial charge in [-0.3, -0.25) is 0 Å². The zero-order chi connectivity index (χ0) is 15.7. The third kappa shape index (κ3) is 2.91. The van der Waals surface area contributed by atoms with Crippen molar-refractivity contribution in [3.05, 3.63) is 70.3 Å². The summed E-state index contributed by atoms with van der Waals surface area (Å²) in [5, 5.41) is 0. The molecule has 3 heteroatoms. The standard InChI is InChI=1S/C19H21F2N/c1-2-16(22)11-19-17-7-5-14(20)9-12(17)3-4-13-10-15(21)6-8-18(13)19/h5-10,16,19H,2-4,11,22H2,1H3. The van der Waals surface area contributed by atoms with Crippen molar-refractivity contribution in [2.24, 2.45) is 5.73 Å². The third-order valence-corrected chi connectivity index (χ3v) is 4.69. The predicted molar refractivity (Wildman–Crippen MR) is 84.9 cm³/mol. The molecule has 22 heavy (non-hydrogen) atoms. The van der Waals surface area contributed by atoms with Crippen LogP contribution in [-0.4, -0.2) is 6.04 Å². The van der Waals surface area contributed by atoms with Gasteiger partial charge >= 0.3 is 0 Å². The molecule has 2 aromatic rings. The van der Waals surface area contributed by atoms with E-state index in [4.69, 9.17) is 5.73 Å². The van der Waals surface area contributed by atoms with Gasteiger partial charge in [0.25, 0.3) is 0 Å². The molecule has 2 aromatic carbocycles. The molecule has 0 aromatic heterocycles. The molecule has 0 aliphatic heterocycles. The van der Waals surface area contributed by atoms with Crippen LogP contribution in [0, 0.1) is 11.6 Å².